The fourth-order valence-corrected chi connectivity index (χ4v) is 7.89. The lowest BCUT2D eigenvalue weighted by atomic mass is 10.0. The number of anilines is 2. The molecule has 3 aromatic heterocycles. The molecule has 0 bridgehead atoms. The van der Waals surface area contributed by atoms with Gasteiger partial charge in [-0.2, -0.15) is 0 Å². The molecule has 3 heterocycles. The van der Waals surface area contributed by atoms with Crippen LogP contribution in [0.1, 0.15) is 93.4 Å². The van der Waals surface area contributed by atoms with Crippen LogP contribution in [0.4, 0.5) is 20.2 Å². The van der Waals surface area contributed by atoms with Gasteiger partial charge >= 0.3 is 17.9 Å². The van der Waals surface area contributed by atoms with Crippen LogP contribution in [0.25, 0.3) is 32.7 Å². The summed E-state index contributed by atoms with van der Waals surface area (Å²) in [6.45, 7) is 20.1. The molecule has 25 heteroatoms. The molecule has 21 nitrogen and oxygen atoms in total. The first kappa shape index (κ1) is 66.7. The fourth-order valence-electron chi connectivity index (χ4n) is 7.50. The van der Waals surface area contributed by atoms with Crippen molar-refractivity contribution in [2.45, 2.75) is 78.9 Å². The molecular formula is C54H70Cl2F2N6O15. The summed E-state index contributed by atoms with van der Waals surface area (Å²) in [5.41, 5.74) is 2.67. The van der Waals surface area contributed by atoms with E-state index in [-0.39, 0.29) is 72.1 Å². The van der Waals surface area contributed by atoms with E-state index >= 15 is 0 Å². The summed E-state index contributed by atoms with van der Waals surface area (Å²) < 4.78 is 48.0. The molecule has 0 fully saturated rings. The zero-order valence-corrected chi connectivity index (χ0v) is 47.0. The molecule has 10 N–H and O–H groups in total. The molecule has 0 atom stereocenters. The molecular weight excluding hydrogens is 1080 g/mol. The number of rotatable bonds is 19. The minimum atomic E-state index is -1.35. The highest BCUT2D eigenvalue weighted by atomic mass is 35.5. The Labute approximate surface area is 463 Å². The highest BCUT2D eigenvalue weighted by Gasteiger charge is 2.25. The van der Waals surface area contributed by atoms with Crippen molar-refractivity contribution in [3.05, 3.63) is 124 Å². The molecule has 434 valence electrons. The van der Waals surface area contributed by atoms with Crippen LogP contribution >= 0.6 is 23.2 Å². The number of fused-ring (bicyclic) bond motifs is 3. The van der Waals surface area contributed by atoms with Gasteiger partial charge in [-0.3, -0.25) is 14.4 Å². The molecule has 0 radical (unpaired) electrons. The van der Waals surface area contributed by atoms with Crippen molar-refractivity contribution in [3.8, 4) is 0 Å². The number of ether oxygens (including phenoxy) is 3. The van der Waals surface area contributed by atoms with Crippen molar-refractivity contribution < 1.29 is 68.0 Å². The van der Waals surface area contributed by atoms with Gasteiger partial charge < -0.3 is 74.9 Å². The van der Waals surface area contributed by atoms with Crippen molar-refractivity contribution in [2.75, 3.05) is 89.7 Å². The first-order chi connectivity index (χ1) is 36.9. The first-order valence-electron chi connectivity index (χ1n) is 24.6. The maximum Gasteiger partial charge on any atom is 0.341 e. The lowest BCUT2D eigenvalue weighted by Gasteiger charge is -2.26. The van der Waals surface area contributed by atoms with E-state index < -0.39 is 73.6 Å². The summed E-state index contributed by atoms with van der Waals surface area (Å²) >= 11 is 12.1. The summed E-state index contributed by atoms with van der Waals surface area (Å²) in [6, 6.07) is 8.10. The molecule has 0 spiro atoms. The van der Waals surface area contributed by atoms with Gasteiger partial charge in [-0.25, -0.2) is 23.2 Å². The number of carbonyl (C=O) groups is 3. The van der Waals surface area contributed by atoms with E-state index in [1.165, 1.54) is 30.7 Å². The molecule has 3 aromatic carbocycles. The van der Waals surface area contributed by atoms with E-state index in [1.54, 1.807) is 25.8 Å². The van der Waals surface area contributed by atoms with E-state index in [0.717, 1.165) is 12.1 Å². The first-order valence-corrected chi connectivity index (χ1v) is 25.4. The summed E-state index contributed by atoms with van der Waals surface area (Å²) in [4.78, 5) is 71.2. The number of nitrogens with zero attached hydrogens (tertiary/aromatic N) is 3. The fraction of sp³-hybridized carbons (Fsp3) is 0.444. The molecule has 6 aromatic rings. The number of nitrogens with one attached hydrogen (secondary N) is 2. The Kier molecular flexibility index (Phi) is 25.0. The number of hydrogen-bond donors (Lipinski definition) is 9. The van der Waals surface area contributed by atoms with Crippen molar-refractivity contribution >= 4 is 85.2 Å². The van der Waals surface area contributed by atoms with Crippen molar-refractivity contribution in [1.82, 2.24) is 13.7 Å². The number of aliphatic hydroxyl groups excluding tert-OH is 3. The number of aromatic nitrogens is 3. The van der Waals surface area contributed by atoms with Crippen LogP contribution in [0.15, 0.2) is 69.4 Å². The van der Waals surface area contributed by atoms with E-state index in [0.29, 0.717) is 66.7 Å². The average Bonchev–Trinajstić information content (AvgIpc) is 3.35. The molecule has 6 rings (SSSR count). The third kappa shape index (κ3) is 18.2. The van der Waals surface area contributed by atoms with Crippen molar-refractivity contribution in [3.63, 3.8) is 0 Å². The van der Waals surface area contributed by atoms with Crippen LogP contribution in [-0.4, -0.2) is 141 Å². The second-order valence-electron chi connectivity index (χ2n) is 20.3. The number of carboxylic acid groups (broad SMARTS) is 3. The topological polar surface area (TPSA) is 316 Å². The van der Waals surface area contributed by atoms with Crippen LogP contribution in [-0.2, 0) is 30.8 Å². The highest BCUT2D eigenvalue weighted by Crippen LogP contribution is 2.31. The Bertz CT molecular complexity index is 3290. The number of pyridine rings is 3. The number of halogens is 4. The third-order valence-electron chi connectivity index (χ3n) is 11.2. The minimum absolute atomic E-state index is 0.00160. The van der Waals surface area contributed by atoms with Crippen LogP contribution in [0.5, 0.6) is 0 Å². The standard InChI is InChI=1S/C18H23ClN2O5.C18H23FN2O5.C14H13ClFNO3.C4H11NO2/c1-18(2,3)21-10-12(17(24)25)16(23)11-8-14(13(19)9-15(11)21)20-4-6-26-7-5-22;1-18(2,3)21-10-12(17(24)25)16(23)11-8-13(19)14(9-15(11)21)20-4-6-26-7-5-22;1-14(2,3)17-6-8(13(19)20)12(18)7-4-10(16)9(15)5-11(7)17;5-1-3-7-4-2-6/h2*8-10,20,22H,4-7H2,1-3H3,(H,24,25);4-6H,1-3H3,(H,19,20);6H,1-5H2. The second kappa shape index (κ2) is 29.6. The normalized spacial score (nSPS) is 11.6. The van der Waals surface area contributed by atoms with E-state index in [9.17, 15) is 47.8 Å². The monoisotopic (exact) mass is 1150 g/mol. The number of carboxylic acids is 3. The summed E-state index contributed by atoms with van der Waals surface area (Å²) in [5, 5.41) is 59.8. The number of aliphatic hydroxyl groups is 3. The van der Waals surface area contributed by atoms with Crippen LogP contribution in [0.3, 0.4) is 0 Å². The summed E-state index contributed by atoms with van der Waals surface area (Å²) in [6.07, 6.45) is 3.92. The van der Waals surface area contributed by atoms with E-state index in [2.05, 4.69) is 10.6 Å². The van der Waals surface area contributed by atoms with Gasteiger partial charge in [-0.05, 0) is 98.7 Å². The molecule has 0 saturated heterocycles. The predicted molar refractivity (Wildman–Crippen MR) is 300 cm³/mol. The van der Waals surface area contributed by atoms with Gasteiger partial charge in [0.2, 0.25) is 16.3 Å². The summed E-state index contributed by atoms with van der Waals surface area (Å²) in [7, 11) is 0. The summed E-state index contributed by atoms with van der Waals surface area (Å²) in [5.74, 6) is -5.36. The Hall–Kier alpha value is -6.54. The molecule has 0 aliphatic heterocycles. The van der Waals surface area contributed by atoms with Crippen LogP contribution in [0.2, 0.25) is 10.0 Å². The number of benzene rings is 3. The average molecular weight is 1150 g/mol. The highest BCUT2D eigenvalue weighted by molar-refractivity contribution is 6.34. The smallest absolute Gasteiger partial charge is 0.341 e. The van der Waals surface area contributed by atoms with Gasteiger partial charge in [0.15, 0.2) is 0 Å². The van der Waals surface area contributed by atoms with Crippen LogP contribution < -0.4 is 32.7 Å². The SMILES string of the molecule is CC(C)(C)n1cc(C(=O)O)c(=O)c2cc(F)c(Cl)cc21.CC(C)(C)n1cc(C(=O)O)c(=O)c2cc(F)c(NCCOCCO)cc21.CC(C)(C)n1cc(C(=O)O)c(=O)c2cc(NCCOCCO)c(Cl)cc21.NCCOCCO. The van der Waals surface area contributed by atoms with Gasteiger partial charge in [0.05, 0.1) is 97.4 Å². The molecule has 0 unspecified atom stereocenters. The van der Waals surface area contributed by atoms with Gasteiger partial charge in [0.25, 0.3) is 0 Å². The van der Waals surface area contributed by atoms with Crippen molar-refractivity contribution in [2.24, 2.45) is 5.73 Å². The number of hydrogen-bond acceptors (Lipinski definition) is 15. The lowest BCUT2D eigenvalue weighted by Crippen LogP contribution is -2.28. The molecule has 0 saturated carbocycles. The van der Waals surface area contributed by atoms with Gasteiger partial charge in [0, 0.05) is 71.0 Å². The van der Waals surface area contributed by atoms with E-state index in [4.69, 9.17) is 63.6 Å². The Balaban J connectivity index is 0.000000295. The van der Waals surface area contributed by atoms with Gasteiger partial charge in [-0.15, -0.1) is 0 Å². The Morgan fingerprint density at radius 2 is 0.835 bits per heavy atom. The lowest BCUT2D eigenvalue weighted by molar-refractivity contribution is 0.0683. The van der Waals surface area contributed by atoms with Crippen LogP contribution in [0, 0.1) is 11.6 Å². The largest absolute Gasteiger partial charge is 0.477 e. The van der Waals surface area contributed by atoms with Gasteiger partial charge in [0.1, 0.15) is 28.3 Å². The molecule has 79 heavy (non-hydrogen) atoms. The maximum absolute atomic E-state index is 14.4. The zero-order chi connectivity index (χ0) is 59.7. The Morgan fingerprint density at radius 1 is 0.506 bits per heavy atom. The Morgan fingerprint density at radius 3 is 1.19 bits per heavy atom. The van der Waals surface area contributed by atoms with Gasteiger partial charge in [-0.1, -0.05) is 23.2 Å². The maximum atomic E-state index is 14.4. The quantitative estimate of drug-likeness (QED) is 0.0379. The molecule has 0 aliphatic carbocycles. The minimum Gasteiger partial charge on any atom is -0.477 e. The molecule has 0 amide bonds. The second-order valence-corrected chi connectivity index (χ2v) is 21.1. The predicted octanol–water partition coefficient (Wildman–Crippen LogP) is 6.74. The molecule has 0 aliphatic rings. The zero-order valence-electron chi connectivity index (χ0n) is 45.5. The number of nitrogens with two attached hydrogens (primary N) is 1. The third-order valence-corrected chi connectivity index (χ3v) is 11.8. The number of aromatic carboxylic acids is 3. The van der Waals surface area contributed by atoms with Crippen molar-refractivity contribution in [1.29, 1.82) is 0 Å². The van der Waals surface area contributed by atoms with E-state index in [1.807, 2.05) is 62.3 Å².